The Bertz CT molecular complexity index is 1750. The van der Waals surface area contributed by atoms with E-state index in [0.29, 0.717) is 11.1 Å². The van der Waals surface area contributed by atoms with Crippen molar-refractivity contribution in [3.05, 3.63) is 160 Å². The highest BCUT2D eigenvalue weighted by atomic mass is 35.5. The van der Waals surface area contributed by atoms with Crippen molar-refractivity contribution in [2.45, 2.75) is 25.4 Å². The highest BCUT2D eigenvalue weighted by Crippen LogP contribution is 2.29. The molecule has 0 amide bonds. The molecule has 0 aromatic heterocycles. The summed E-state index contributed by atoms with van der Waals surface area (Å²) in [5, 5.41) is 19.8. The molecule has 0 bridgehead atoms. The number of benzene rings is 5. The Kier molecular flexibility index (Phi) is 11.9. The van der Waals surface area contributed by atoms with Crippen LogP contribution < -0.4 is 0 Å². The van der Waals surface area contributed by atoms with Gasteiger partial charge in [-0.1, -0.05) is 121 Å². The molecule has 47 heavy (non-hydrogen) atoms. The molecule has 1 fully saturated rings. The topological polar surface area (TPSA) is 87.1 Å². The summed E-state index contributed by atoms with van der Waals surface area (Å²) in [6.07, 6.45) is 3.98. The monoisotopic (exact) mass is 647 g/mol. The summed E-state index contributed by atoms with van der Waals surface area (Å²) in [4.78, 5) is 26.3. The van der Waals surface area contributed by atoms with Gasteiger partial charge in [-0.05, 0) is 66.9 Å². The molecule has 5 aromatic carbocycles. The molecule has 1 unspecified atom stereocenters. The molecule has 0 saturated carbocycles. The van der Waals surface area contributed by atoms with Crippen LogP contribution in [0, 0.1) is 0 Å². The number of hydrogen-bond acceptors (Lipinski definition) is 5. The van der Waals surface area contributed by atoms with Crippen molar-refractivity contribution in [2.75, 3.05) is 26.2 Å². The maximum absolute atomic E-state index is 12.6. The molecule has 6 nitrogen and oxygen atoms in total. The lowest BCUT2D eigenvalue weighted by molar-refractivity contribution is 0.0557. The third-order valence-corrected chi connectivity index (χ3v) is 8.43. The summed E-state index contributed by atoms with van der Waals surface area (Å²) in [5.74, 6) is -1.32. The Morgan fingerprint density at radius 2 is 1.30 bits per heavy atom. The highest BCUT2D eigenvalue weighted by molar-refractivity contribution is 6.30. The van der Waals surface area contributed by atoms with Crippen LogP contribution in [0.25, 0.3) is 11.1 Å². The van der Waals surface area contributed by atoms with E-state index in [4.69, 9.17) is 16.3 Å². The molecule has 1 saturated heterocycles. The van der Waals surface area contributed by atoms with E-state index in [1.54, 1.807) is 54.6 Å². The molecule has 240 valence electrons. The van der Waals surface area contributed by atoms with Crippen molar-refractivity contribution in [1.29, 1.82) is 0 Å². The fraction of sp³-hybridized carbons (Fsp3) is 0.200. The minimum Gasteiger partial charge on any atom is -0.507 e. The summed E-state index contributed by atoms with van der Waals surface area (Å²) in [7, 11) is 0. The number of ether oxygens (including phenoxy) is 1. The summed E-state index contributed by atoms with van der Waals surface area (Å²) in [6, 6.07) is 38.2. The number of hydrogen-bond donors (Lipinski definition) is 2. The van der Waals surface area contributed by atoms with Gasteiger partial charge in [0.1, 0.15) is 11.9 Å². The molecule has 0 spiro atoms. The van der Waals surface area contributed by atoms with Gasteiger partial charge in [0, 0.05) is 28.3 Å². The Morgan fingerprint density at radius 1 is 0.702 bits per heavy atom. The third-order valence-electron chi connectivity index (χ3n) is 8.18. The van der Waals surface area contributed by atoms with Crippen molar-refractivity contribution in [2.24, 2.45) is 0 Å². The number of carboxylic acid groups (broad SMARTS) is 1. The second-order valence-corrected chi connectivity index (χ2v) is 11.8. The number of aromatic hydroxyl groups is 1. The number of carbonyl (C=O) groups excluding carboxylic acids is 1. The van der Waals surface area contributed by atoms with Crippen LogP contribution in [0.2, 0.25) is 5.02 Å². The van der Waals surface area contributed by atoms with E-state index in [1.165, 1.54) is 50.0 Å². The molecule has 0 aliphatic carbocycles. The first-order chi connectivity index (χ1) is 22.9. The van der Waals surface area contributed by atoms with Gasteiger partial charge < -0.3 is 19.8 Å². The summed E-state index contributed by atoms with van der Waals surface area (Å²) in [5.41, 5.74) is 4.31. The molecular formula is C40H38ClNO5. The first-order valence-corrected chi connectivity index (χ1v) is 16.2. The van der Waals surface area contributed by atoms with Crippen LogP contribution in [0.5, 0.6) is 5.75 Å². The van der Waals surface area contributed by atoms with Crippen LogP contribution >= 0.6 is 11.6 Å². The molecule has 7 heteroatoms. The maximum Gasteiger partial charge on any atom is 0.336 e. The number of likely N-dealkylation sites (tertiary alicyclic amines) is 1. The van der Waals surface area contributed by atoms with Crippen molar-refractivity contribution >= 4 is 23.4 Å². The van der Waals surface area contributed by atoms with E-state index in [1.807, 2.05) is 24.3 Å². The molecule has 1 atom stereocenters. The lowest BCUT2D eigenvalue weighted by Crippen LogP contribution is -2.33. The van der Waals surface area contributed by atoms with Gasteiger partial charge in [-0.3, -0.25) is 4.79 Å². The number of para-hydroxylation sites is 1. The molecule has 2 N–H and O–H groups in total. The second kappa shape index (κ2) is 16.7. The zero-order valence-electron chi connectivity index (χ0n) is 26.1. The van der Waals surface area contributed by atoms with Crippen LogP contribution in [0.15, 0.2) is 127 Å². The largest absolute Gasteiger partial charge is 0.507 e. The number of halogens is 1. The number of phenols is 1. The maximum atomic E-state index is 12.6. The van der Waals surface area contributed by atoms with Gasteiger partial charge in [-0.2, -0.15) is 0 Å². The number of carbonyl (C=O) groups is 2. The zero-order valence-corrected chi connectivity index (χ0v) is 26.9. The van der Waals surface area contributed by atoms with Gasteiger partial charge in [0.15, 0.2) is 5.78 Å². The van der Waals surface area contributed by atoms with Crippen molar-refractivity contribution in [3.63, 3.8) is 0 Å². The Labute approximate surface area is 280 Å². The first-order valence-electron chi connectivity index (χ1n) is 15.8. The normalized spacial score (nSPS) is 13.6. The lowest BCUT2D eigenvalue weighted by Gasteiger charge is -2.27. The summed E-state index contributed by atoms with van der Waals surface area (Å²) in [6.45, 7) is 4.18. The number of phenolic OH excluding ortho intramolecular Hbond substituents is 1. The van der Waals surface area contributed by atoms with Crippen LogP contribution in [-0.4, -0.2) is 53.1 Å². The van der Waals surface area contributed by atoms with Crippen LogP contribution in [-0.2, 0) is 4.74 Å². The molecule has 1 aliphatic heterocycles. The lowest BCUT2D eigenvalue weighted by atomic mass is 9.96. The minimum atomic E-state index is -1.13. The molecule has 6 rings (SSSR count). The van der Waals surface area contributed by atoms with E-state index < -0.39 is 5.97 Å². The van der Waals surface area contributed by atoms with E-state index in [0.717, 1.165) is 29.3 Å². The predicted octanol–water partition coefficient (Wildman–Crippen LogP) is 8.92. The fourth-order valence-electron chi connectivity index (χ4n) is 5.67. The third kappa shape index (κ3) is 9.17. The molecule has 1 heterocycles. The highest BCUT2D eigenvalue weighted by Gasteiger charge is 2.18. The second-order valence-electron chi connectivity index (χ2n) is 11.4. The summed E-state index contributed by atoms with van der Waals surface area (Å²) < 4.78 is 6.27. The number of rotatable bonds is 10. The van der Waals surface area contributed by atoms with Gasteiger partial charge in [0.2, 0.25) is 0 Å². The van der Waals surface area contributed by atoms with Crippen LogP contribution in [0.3, 0.4) is 0 Å². The van der Waals surface area contributed by atoms with Crippen LogP contribution in [0.4, 0.5) is 0 Å². The Morgan fingerprint density at radius 3 is 1.96 bits per heavy atom. The quantitative estimate of drug-likeness (QED) is 0.147. The SMILES string of the molecule is Clc1ccc(C(OCCN2CCCCC2)c2ccccc2)cc1.O=C(O)c1ccccc1C(=O)c1ccc(-c2ccccc2O)cc1. The number of piperidine rings is 1. The smallest absolute Gasteiger partial charge is 0.336 e. The average molecular weight is 648 g/mol. The van der Waals surface area contributed by atoms with Gasteiger partial charge >= 0.3 is 5.97 Å². The van der Waals surface area contributed by atoms with E-state index in [9.17, 15) is 19.8 Å². The van der Waals surface area contributed by atoms with Crippen molar-refractivity contribution in [1.82, 2.24) is 4.90 Å². The van der Waals surface area contributed by atoms with E-state index >= 15 is 0 Å². The standard InChI is InChI=1S/C20H24ClNO.C20H14O4/c21-19-11-9-18(10-12-19)20(17-7-3-1-4-8-17)23-16-15-22-13-5-2-6-14-22;21-18-8-4-3-5-15(18)13-9-11-14(12-10-13)19(22)16-6-1-2-7-17(16)20(23)24/h1,3-4,7-12,20H,2,5-6,13-16H2;1-12,21H,(H,23,24). The molecule has 5 aromatic rings. The van der Waals surface area contributed by atoms with E-state index in [2.05, 4.69) is 41.3 Å². The number of aromatic carboxylic acids is 1. The Balaban J connectivity index is 0.000000185. The molecule has 0 radical (unpaired) electrons. The number of carboxylic acids is 1. The fourth-order valence-corrected chi connectivity index (χ4v) is 5.80. The minimum absolute atomic E-state index is 0.0210. The van der Waals surface area contributed by atoms with Gasteiger partial charge in [-0.15, -0.1) is 0 Å². The Hall–Kier alpha value is -4.75. The number of ketones is 1. The van der Waals surface area contributed by atoms with Crippen LogP contribution in [0.1, 0.15) is 62.8 Å². The first kappa shape index (κ1) is 33.6. The van der Waals surface area contributed by atoms with Gasteiger partial charge in [0.05, 0.1) is 12.2 Å². The molecular weight excluding hydrogens is 610 g/mol. The van der Waals surface area contributed by atoms with Crippen molar-refractivity contribution < 1.29 is 24.5 Å². The number of nitrogens with zero attached hydrogens (tertiary/aromatic N) is 1. The summed E-state index contributed by atoms with van der Waals surface area (Å²) >= 11 is 6.02. The van der Waals surface area contributed by atoms with Crippen molar-refractivity contribution in [3.8, 4) is 16.9 Å². The predicted molar refractivity (Wildman–Crippen MR) is 186 cm³/mol. The van der Waals surface area contributed by atoms with E-state index in [-0.39, 0.29) is 28.8 Å². The average Bonchev–Trinajstić information content (AvgIpc) is 3.12. The zero-order chi connectivity index (χ0) is 33.0. The van der Waals surface area contributed by atoms with Gasteiger partial charge in [0.25, 0.3) is 0 Å². The van der Waals surface area contributed by atoms with Gasteiger partial charge in [-0.25, -0.2) is 4.79 Å². The molecule has 1 aliphatic rings.